The predicted molar refractivity (Wildman–Crippen MR) is 58.9 cm³/mol. The standard InChI is InChI=1S/C12H20O4/c1-7(2)9-5-4-8(3)6-10(9)16-12(15)11(13)14/h7-10H,4-6H2,1-3H3,(H,13,14)/t8?,9?,10-/m0/s1. The van der Waals surface area contributed by atoms with Crippen molar-refractivity contribution in [3.8, 4) is 0 Å². The van der Waals surface area contributed by atoms with E-state index in [1.165, 1.54) is 0 Å². The number of hydrogen-bond donors (Lipinski definition) is 1. The third-order valence-corrected chi connectivity index (χ3v) is 3.39. The lowest BCUT2D eigenvalue weighted by Gasteiger charge is -2.36. The molecular weight excluding hydrogens is 208 g/mol. The molecule has 4 heteroatoms. The summed E-state index contributed by atoms with van der Waals surface area (Å²) >= 11 is 0. The molecule has 1 saturated carbocycles. The summed E-state index contributed by atoms with van der Waals surface area (Å²) in [5, 5.41) is 8.53. The Balaban J connectivity index is 2.64. The van der Waals surface area contributed by atoms with Crippen molar-refractivity contribution in [3.63, 3.8) is 0 Å². The first-order valence-electron chi connectivity index (χ1n) is 5.85. The lowest BCUT2D eigenvalue weighted by Crippen LogP contribution is -2.37. The quantitative estimate of drug-likeness (QED) is 0.580. The lowest BCUT2D eigenvalue weighted by molar-refractivity contribution is -0.171. The number of carbonyl (C=O) groups excluding carboxylic acids is 1. The summed E-state index contributed by atoms with van der Waals surface area (Å²) in [6.45, 7) is 6.28. The molecule has 0 aromatic carbocycles. The Morgan fingerprint density at radius 2 is 1.94 bits per heavy atom. The first-order chi connectivity index (χ1) is 7.41. The largest absolute Gasteiger partial charge is 0.473 e. The third kappa shape index (κ3) is 3.22. The van der Waals surface area contributed by atoms with Crippen molar-refractivity contribution in [2.24, 2.45) is 17.8 Å². The second-order valence-corrected chi connectivity index (χ2v) is 5.08. The monoisotopic (exact) mass is 228 g/mol. The van der Waals surface area contributed by atoms with Crippen molar-refractivity contribution < 1.29 is 19.4 Å². The molecule has 0 spiro atoms. The molecule has 1 rings (SSSR count). The topological polar surface area (TPSA) is 63.6 Å². The van der Waals surface area contributed by atoms with E-state index >= 15 is 0 Å². The SMILES string of the molecule is CC1CCC(C(C)C)[C@@H](OC(=O)C(=O)O)C1. The fourth-order valence-corrected chi connectivity index (χ4v) is 2.44. The van der Waals surface area contributed by atoms with Crippen LogP contribution in [0.5, 0.6) is 0 Å². The summed E-state index contributed by atoms with van der Waals surface area (Å²) in [5.74, 6) is -1.41. The van der Waals surface area contributed by atoms with Crippen molar-refractivity contribution in [1.82, 2.24) is 0 Å². The van der Waals surface area contributed by atoms with Gasteiger partial charge in [0, 0.05) is 0 Å². The molecule has 1 N–H and O–H groups in total. The van der Waals surface area contributed by atoms with Crippen LogP contribution in [-0.4, -0.2) is 23.1 Å². The Morgan fingerprint density at radius 3 is 2.44 bits per heavy atom. The first kappa shape index (κ1) is 13.0. The van der Waals surface area contributed by atoms with Crippen LogP contribution in [0.2, 0.25) is 0 Å². The van der Waals surface area contributed by atoms with Crippen LogP contribution in [0.1, 0.15) is 40.0 Å². The fraction of sp³-hybridized carbons (Fsp3) is 0.833. The molecule has 0 bridgehead atoms. The van der Waals surface area contributed by atoms with E-state index in [0.717, 1.165) is 19.3 Å². The maximum absolute atomic E-state index is 11.1. The van der Waals surface area contributed by atoms with E-state index in [1.54, 1.807) is 0 Å². The number of esters is 1. The van der Waals surface area contributed by atoms with Gasteiger partial charge >= 0.3 is 11.9 Å². The molecule has 1 aliphatic carbocycles. The van der Waals surface area contributed by atoms with Gasteiger partial charge in [0.25, 0.3) is 0 Å². The van der Waals surface area contributed by atoms with E-state index in [0.29, 0.717) is 17.8 Å². The van der Waals surface area contributed by atoms with Gasteiger partial charge in [-0.15, -0.1) is 0 Å². The van der Waals surface area contributed by atoms with Gasteiger partial charge in [-0.1, -0.05) is 27.2 Å². The van der Waals surface area contributed by atoms with Crippen LogP contribution in [0, 0.1) is 17.8 Å². The molecular formula is C12H20O4. The molecule has 4 nitrogen and oxygen atoms in total. The van der Waals surface area contributed by atoms with Crippen LogP contribution in [0.25, 0.3) is 0 Å². The van der Waals surface area contributed by atoms with E-state index in [1.807, 2.05) is 0 Å². The van der Waals surface area contributed by atoms with Crippen LogP contribution in [-0.2, 0) is 14.3 Å². The number of rotatable bonds is 2. The molecule has 0 radical (unpaired) electrons. The van der Waals surface area contributed by atoms with Gasteiger partial charge in [-0.3, -0.25) is 0 Å². The molecule has 0 amide bonds. The van der Waals surface area contributed by atoms with Crippen LogP contribution in [0.15, 0.2) is 0 Å². The molecule has 1 aliphatic rings. The highest BCUT2D eigenvalue weighted by Gasteiger charge is 2.34. The molecule has 1 fully saturated rings. The van der Waals surface area contributed by atoms with Crippen molar-refractivity contribution in [3.05, 3.63) is 0 Å². The Kier molecular flexibility index (Phi) is 4.33. The molecule has 0 aromatic heterocycles. The van der Waals surface area contributed by atoms with Gasteiger partial charge in [0.05, 0.1) is 0 Å². The molecule has 0 aromatic rings. The van der Waals surface area contributed by atoms with E-state index in [-0.39, 0.29) is 6.10 Å². The Bertz CT molecular complexity index is 272. The number of ether oxygens (including phenoxy) is 1. The molecule has 92 valence electrons. The predicted octanol–water partition coefficient (Wildman–Crippen LogP) is 2.08. The highest BCUT2D eigenvalue weighted by Crippen LogP contribution is 2.35. The average molecular weight is 228 g/mol. The Morgan fingerprint density at radius 1 is 1.31 bits per heavy atom. The van der Waals surface area contributed by atoms with Gasteiger partial charge in [0.1, 0.15) is 6.10 Å². The molecule has 0 heterocycles. The van der Waals surface area contributed by atoms with Crippen molar-refractivity contribution >= 4 is 11.9 Å². The smallest absolute Gasteiger partial charge is 0.417 e. The van der Waals surface area contributed by atoms with E-state index in [9.17, 15) is 9.59 Å². The van der Waals surface area contributed by atoms with Crippen molar-refractivity contribution in [1.29, 1.82) is 0 Å². The van der Waals surface area contributed by atoms with E-state index < -0.39 is 11.9 Å². The van der Waals surface area contributed by atoms with Gasteiger partial charge in [-0.2, -0.15) is 0 Å². The number of carbonyl (C=O) groups is 2. The van der Waals surface area contributed by atoms with Gasteiger partial charge in [-0.25, -0.2) is 9.59 Å². The number of carboxylic acid groups (broad SMARTS) is 1. The molecule has 2 unspecified atom stereocenters. The molecule has 3 atom stereocenters. The van der Waals surface area contributed by atoms with Gasteiger partial charge < -0.3 is 9.84 Å². The van der Waals surface area contributed by atoms with Crippen LogP contribution in [0.3, 0.4) is 0 Å². The molecule has 16 heavy (non-hydrogen) atoms. The van der Waals surface area contributed by atoms with Crippen molar-refractivity contribution in [2.45, 2.75) is 46.1 Å². The zero-order valence-electron chi connectivity index (χ0n) is 10.1. The minimum absolute atomic E-state index is 0.229. The summed E-state index contributed by atoms with van der Waals surface area (Å²) in [7, 11) is 0. The summed E-state index contributed by atoms with van der Waals surface area (Å²) in [5.41, 5.74) is 0. The number of aliphatic carboxylic acids is 1. The number of hydrogen-bond acceptors (Lipinski definition) is 3. The summed E-state index contributed by atoms with van der Waals surface area (Å²) in [4.78, 5) is 21.5. The maximum Gasteiger partial charge on any atom is 0.417 e. The van der Waals surface area contributed by atoms with E-state index in [2.05, 4.69) is 20.8 Å². The Labute approximate surface area is 96.0 Å². The summed E-state index contributed by atoms with van der Waals surface area (Å²) in [6, 6.07) is 0. The third-order valence-electron chi connectivity index (χ3n) is 3.39. The highest BCUT2D eigenvalue weighted by atomic mass is 16.6. The van der Waals surface area contributed by atoms with Crippen LogP contribution < -0.4 is 0 Å². The van der Waals surface area contributed by atoms with Crippen molar-refractivity contribution in [2.75, 3.05) is 0 Å². The average Bonchev–Trinajstić information content (AvgIpc) is 2.16. The van der Waals surface area contributed by atoms with Crippen LogP contribution >= 0.6 is 0 Å². The molecule has 0 saturated heterocycles. The second kappa shape index (κ2) is 5.32. The maximum atomic E-state index is 11.1. The normalized spacial score (nSPS) is 30.1. The van der Waals surface area contributed by atoms with Crippen LogP contribution in [0.4, 0.5) is 0 Å². The molecule has 0 aliphatic heterocycles. The first-order valence-corrected chi connectivity index (χ1v) is 5.85. The Hall–Kier alpha value is -1.06. The minimum Gasteiger partial charge on any atom is -0.473 e. The van der Waals surface area contributed by atoms with E-state index in [4.69, 9.17) is 9.84 Å². The fourth-order valence-electron chi connectivity index (χ4n) is 2.44. The van der Waals surface area contributed by atoms with Gasteiger partial charge in [0.15, 0.2) is 0 Å². The summed E-state index contributed by atoms with van der Waals surface area (Å²) < 4.78 is 5.06. The highest BCUT2D eigenvalue weighted by molar-refractivity contribution is 6.28. The number of carboxylic acids is 1. The second-order valence-electron chi connectivity index (χ2n) is 5.08. The summed E-state index contributed by atoms with van der Waals surface area (Å²) in [6.07, 6.45) is 2.69. The van der Waals surface area contributed by atoms with Gasteiger partial charge in [-0.05, 0) is 30.6 Å². The lowest BCUT2D eigenvalue weighted by atomic mass is 9.75. The van der Waals surface area contributed by atoms with Gasteiger partial charge in [0.2, 0.25) is 0 Å². The zero-order chi connectivity index (χ0) is 12.3. The zero-order valence-corrected chi connectivity index (χ0v) is 10.1. The minimum atomic E-state index is -1.50.